The van der Waals surface area contributed by atoms with Crippen LogP contribution in [0, 0.1) is 5.92 Å². The predicted molar refractivity (Wildman–Crippen MR) is 222 cm³/mol. The third kappa shape index (κ3) is 10.3. The lowest BCUT2D eigenvalue weighted by molar-refractivity contribution is -0.136. The van der Waals surface area contributed by atoms with Crippen molar-refractivity contribution in [3.8, 4) is 17.1 Å². The lowest BCUT2D eigenvalue weighted by Crippen LogP contribution is -2.54. The Morgan fingerprint density at radius 2 is 1.71 bits per heavy atom. The Kier molecular flexibility index (Phi) is 13.2. The smallest absolute Gasteiger partial charge is 0.284 e. The molecule has 1 aliphatic carbocycles. The number of pyridine rings is 1. The molecule has 1 saturated heterocycles. The van der Waals surface area contributed by atoms with Gasteiger partial charge in [-0.25, -0.2) is 23.4 Å². The van der Waals surface area contributed by atoms with E-state index < -0.39 is 47.7 Å². The lowest BCUT2D eigenvalue weighted by atomic mass is 10.0. The summed E-state index contributed by atoms with van der Waals surface area (Å²) in [5.41, 5.74) is 2.06. The van der Waals surface area contributed by atoms with Gasteiger partial charge in [0.25, 0.3) is 24.1 Å². The fourth-order valence-corrected chi connectivity index (χ4v) is 7.09. The minimum absolute atomic E-state index is 0.0441. The summed E-state index contributed by atoms with van der Waals surface area (Å²) in [6.07, 6.45) is 3.67. The van der Waals surface area contributed by atoms with Crippen LogP contribution in [-0.2, 0) is 25.6 Å². The Hall–Kier alpha value is -6.90. The quantitative estimate of drug-likeness (QED) is 0.0504. The van der Waals surface area contributed by atoms with Crippen molar-refractivity contribution in [1.29, 1.82) is 0 Å². The SMILES string of the molecule is O=C1CCC(N2C(=O)c3cccc(NCCOCCOCCNCc4ccc(-n5cc(NC(=O)c6coc(-c7ccnc(NCC8CC8)c7)n6)c(C(F)F)n5)cc4)c3C2=O)C(=O)N1. The van der Waals surface area contributed by atoms with Crippen molar-refractivity contribution in [2.75, 3.05) is 62.0 Å². The standard InChI is InChI=1S/C43H44F2N10O8/c44-38(45)37-31(50-39(57)32-24-63-41(51-32)27-12-13-48-34(20-27)49-22-26-4-5-26)23-54(53-37)28-8-6-25(7-9-28)21-46-14-16-61-18-19-62-17-15-47-30-3-1-2-29-36(30)43(60)55(42(29)59)33-10-11-35(56)52-40(33)58/h1-3,6-9,12-13,20,23-24,26,33,38,46-47H,4-5,10-11,14-19,21-22H2,(H,48,49)(H,50,57)(H,52,56,58). The molecule has 3 aromatic heterocycles. The summed E-state index contributed by atoms with van der Waals surface area (Å²) in [5.74, 6) is -1.47. The van der Waals surface area contributed by atoms with Gasteiger partial charge in [-0.1, -0.05) is 18.2 Å². The number of piperidine rings is 1. The van der Waals surface area contributed by atoms with Crippen LogP contribution in [0.3, 0.4) is 0 Å². The Labute approximate surface area is 359 Å². The maximum absolute atomic E-state index is 14.0. The molecule has 0 radical (unpaired) electrons. The van der Waals surface area contributed by atoms with Gasteiger partial charge < -0.3 is 35.2 Å². The van der Waals surface area contributed by atoms with Gasteiger partial charge in [0.05, 0.1) is 55.1 Å². The molecule has 0 bridgehead atoms. The van der Waals surface area contributed by atoms with E-state index in [1.807, 2.05) is 12.1 Å². The fraction of sp³-hybridized carbons (Fsp3) is 0.349. The summed E-state index contributed by atoms with van der Waals surface area (Å²) in [7, 11) is 0. The molecular weight excluding hydrogens is 823 g/mol. The van der Waals surface area contributed by atoms with Gasteiger partial charge in [-0.2, -0.15) is 5.10 Å². The maximum atomic E-state index is 14.0. The lowest BCUT2D eigenvalue weighted by Gasteiger charge is -2.27. The van der Waals surface area contributed by atoms with Crippen LogP contribution in [0.4, 0.5) is 26.0 Å². The zero-order valence-corrected chi connectivity index (χ0v) is 33.9. The number of halogens is 2. The van der Waals surface area contributed by atoms with E-state index in [0.29, 0.717) is 74.7 Å². The summed E-state index contributed by atoms with van der Waals surface area (Å²) in [6.45, 7) is 3.65. The van der Waals surface area contributed by atoms with Crippen LogP contribution in [-0.4, -0.2) is 106 Å². The van der Waals surface area contributed by atoms with Crippen LogP contribution >= 0.6 is 0 Å². The molecule has 328 valence electrons. The van der Waals surface area contributed by atoms with Crippen LogP contribution in [0.25, 0.3) is 17.1 Å². The van der Waals surface area contributed by atoms with Gasteiger partial charge in [-0.05, 0) is 67.1 Å². The highest BCUT2D eigenvalue weighted by Gasteiger charge is 2.45. The Morgan fingerprint density at radius 1 is 0.921 bits per heavy atom. The van der Waals surface area contributed by atoms with E-state index in [1.54, 1.807) is 42.6 Å². The van der Waals surface area contributed by atoms with Crippen molar-refractivity contribution < 1.29 is 46.6 Å². The summed E-state index contributed by atoms with van der Waals surface area (Å²) in [4.78, 5) is 72.8. The highest BCUT2D eigenvalue weighted by molar-refractivity contribution is 6.25. The zero-order chi connectivity index (χ0) is 43.9. The monoisotopic (exact) mass is 866 g/mol. The second-order valence-corrected chi connectivity index (χ2v) is 15.1. The number of alkyl halides is 2. The summed E-state index contributed by atoms with van der Waals surface area (Å²) < 4.78 is 46.2. The number of imide groups is 2. The van der Waals surface area contributed by atoms with Crippen molar-refractivity contribution >= 4 is 46.7 Å². The van der Waals surface area contributed by atoms with Gasteiger partial charge in [-0.15, -0.1) is 0 Å². The molecule has 1 unspecified atom stereocenters. The Morgan fingerprint density at radius 3 is 2.48 bits per heavy atom. The predicted octanol–water partition coefficient (Wildman–Crippen LogP) is 4.57. The van der Waals surface area contributed by atoms with Crippen LogP contribution in [0.2, 0.25) is 0 Å². The van der Waals surface area contributed by atoms with Gasteiger partial charge in [-0.3, -0.25) is 34.2 Å². The molecule has 63 heavy (non-hydrogen) atoms. The molecule has 18 nitrogen and oxygen atoms in total. The normalized spacial score (nSPS) is 16.1. The minimum atomic E-state index is -2.95. The van der Waals surface area contributed by atoms with E-state index in [9.17, 15) is 32.8 Å². The van der Waals surface area contributed by atoms with Crippen molar-refractivity contribution in [2.24, 2.45) is 5.92 Å². The number of carbonyl (C=O) groups excluding carboxylic acids is 5. The van der Waals surface area contributed by atoms with Gasteiger partial charge in [0.15, 0.2) is 11.4 Å². The highest BCUT2D eigenvalue weighted by Crippen LogP contribution is 2.33. The molecular formula is C43H44F2N10O8. The molecule has 2 aliphatic heterocycles. The van der Waals surface area contributed by atoms with Gasteiger partial charge in [0.2, 0.25) is 17.7 Å². The molecule has 3 aliphatic rings. The number of carbonyl (C=O) groups is 5. The summed E-state index contributed by atoms with van der Waals surface area (Å²) in [5, 5.41) is 18.4. The topological polar surface area (TPSA) is 224 Å². The first kappa shape index (κ1) is 42.8. The van der Waals surface area contributed by atoms with Crippen molar-refractivity contribution in [2.45, 2.75) is 44.7 Å². The first-order chi connectivity index (χ1) is 30.6. The number of anilines is 3. The summed E-state index contributed by atoms with van der Waals surface area (Å²) in [6, 6.07) is 14.4. The molecule has 5 heterocycles. The fourth-order valence-electron chi connectivity index (χ4n) is 7.09. The van der Waals surface area contributed by atoms with Crippen molar-refractivity contribution in [3.05, 3.63) is 101 Å². The zero-order valence-electron chi connectivity index (χ0n) is 33.9. The largest absolute Gasteiger partial charge is 0.444 e. The van der Waals surface area contributed by atoms with Crippen LogP contribution in [0.1, 0.15) is 74.6 Å². The number of fused-ring (bicyclic) bond motifs is 1. The van der Waals surface area contributed by atoms with E-state index in [1.165, 1.54) is 36.0 Å². The van der Waals surface area contributed by atoms with E-state index >= 15 is 0 Å². The number of benzene rings is 2. The molecule has 1 atom stereocenters. The number of nitrogens with one attached hydrogen (secondary N) is 5. The maximum Gasteiger partial charge on any atom is 0.284 e. The second-order valence-electron chi connectivity index (χ2n) is 15.1. The second kappa shape index (κ2) is 19.4. The van der Waals surface area contributed by atoms with Crippen molar-refractivity contribution in [3.63, 3.8) is 0 Å². The molecule has 0 spiro atoms. The van der Waals surface area contributed by atoms with E-state index in [0.717, 1.165) is 17.0 Å². The molecule has 1 saturated carbocycles. The number of ether oxygens (including phenoxy) is 2. The first-order valence-corrected chi connectivity index (χ1v) is 20.5. The number of rotatable bonds is 21. The van der Waals surface area contributed by atoms with E-state index in [-0.39, 0.29) is 41.2 Å². The third-order valence-corrected chi connectivity index (χ3v) is 10.6. The molecule has 2 aromatic carbocycles. The number of amides is 5. The average molecular weight is 867 g/mol. The number of hydrogen-bond acceptors (Lipinski definition) is 14. The van der Waals surface area contributed by atoms with Crippen LogP contribution < -0.4 is 26.6 Å². The number of aromatic nitrogens is 4. The van der Waals surface area contributed by atoms with Crippen LogP contribution in [0.5, 0.6) is 0 Å². The molecule has 8 rings (SSSR count). The van der Waals surface area contributed by atoms with Gasteiger partial charge in [0.1, 0.15) is 18.1 Å². The number of hydrogen-bond donors (Lipinski definition) is 5. The van der Waals surface area contributed by atoms with Crippen LogP contribution in [0.15, 0.2) is 77.7 Å². The van der Waals surface area contributed by atoms with Gasteiger partial charge >= 0.3 is 0 Å². The van der Waals surface area contributed by atoms with Gasteiger partial charge in [0, 0.05) is 50.0 Å². The van der Waals surface area contributed by atoms with E-state index in [2.05, 4.69) is 41.7 Å². The highest BCUT2D eigenvalue weighted by atomic mass is 19.3. The Balaban J connectivity index is 0.728. The molecule has 5 aromatic rings. The number of nitrogens with zero attached hydrogens (tertiary/aromatic N) is 5. The molecule has 5 N–H and O–H groups in total. The third-order valence-electron chi connectivity index (χ3n) is 10.6. The molecule has 20 heteroatoms. The number of oxazole rings is 1. The van der Waals surface area contributed by atoms with Crippen molar-refractivity contribution in [1.82, 2.24) is 35.3 Å². The average Bonchev–Trinajstić information content (AvgIpc) is 3.68. The molecule has 5 amide bonds. The molecule has 2 fully saturated rings. The van der Waals surface area contributed by atoms with E-state index in [4.69, 9.17) is 13.9 Å². The first-order valence-electron chi connectivity index (χ1n) is 20.5. The minimum Gasteiger partial charge on any atom is -0.444 e. The summed E-state index contributed by atoms with van der Waals surface area (Å²) >= 11 is 0. The Bertz CT molecular complexity index is 2490.